The van der Waals surface area contributed by atoms with E-state index in [0.717, 1.165) is 18.8 Å². The van der Waals surface area contributed by atoms with Crippen LogP contribution in [0.3, 0.4) is 0 Å². The zero-order valence-electron chi connectivity index (χ0n) is 9.82. The van der Waals surface area contributed by atoms with Crippen molar-refractivity contribution < 1.29 is 14.6 Å². The summed E-state index contributed by atoms with van der Waals surface area (Å²) in [6.07, 6.45) is 10.6. The summed E-state index contributed by atoms with van der Waals surface area (Å²) < 4.78 is 5.54. The first-order valence-electron chi connectivity index (χ1n) is 5.98. The van der Waals surface area contributed by atoms with Gasteiger partial charge in [0.05, 0.1) is 12.5 Å². The molecule has 90 valence electrons. The maximum atomic E-state index is 10.7. The van der Waals surface area contributed by atoms with E-state index in [1.54, 1.807) is 12.2 Å². The molecule has 0 aromatic rings. The van der Waals surface area contributed by atoms with Gasteiger partial charge < -0.3 is 9.84 Å². The monoisotopic (exact) mass is 224 g/mol. The van der Waals surface area contributed by atoms with Gasteiger partial charge in [-0.2, -0.15) is 0 Å². The molecular weight excluding hydrogens is 204 g/mol. The lowest BCUT2D eigenvalue weighted by atomic mass is 10.0. The predicted molar refractivity (Wildman–Crippen MR) is 63.1 cm³/mol. The molecule has 3 nitrogen and oxygen atoms in total. The molecule has 1 N–H and O–H groups in total. The Labute approximate surface area is 96.8 Å². The van der Waals surface area contributed by atoms with Crippen LogP contribution in [0.1, 0.15) is 39.0 Å². The minimum atomic E-state index is -0.769. The van der Waals surface area contributed by atoms with Crippen LogP contribution in [-0.4, -0.2) is 17.7 Å². The van der Waals surface area contributed by atoms with Gasteiger partial charge in [0.2, 0.25) is 0 Å². The van der Waals surface area contributed by atoms with Crippen molar-refractivity contribution in [3.63, 3.8) is 0 Å². The highest BCUT2D eigenvalue weighted by atomic mass is 16.5. The number of hydrogen-bond acceptors (Lipinski definition) is 2. The summed E-state index contributed by atoms with van der Waals surface area (Å²) in [5.74, 6) is -0.337. The molecule has 1 aliphatic carbocycles. The van der Waals surface area contributed by atoms with Crippen molar-refractivity contribution in [1.82, 2.24) is 0 Å². The molecule has 1 atom stereocenters. The Morgan fingerprint density at radius 3 is 2.88 bits per heavy atom. The third-order valence-electron chi connectivity index (χ3n) is 2.65. The van der Waals surface area contributed by atoms with Crippen LogP contribution >= 0.6 is 0 Å². The van der Waals surface area contributed by atoms with E-state index in [1.807, 2.05) is 6.08 Å². The standard InChI is InChI=1S/C13H20O3/c1-2-3-4-5-10-16-12-8-6-11(7-9-12)13(14)15/h6,8-9,11H,2-5,7,10H2,1H3,(H,14,15). The van der Waals surface area contributed by atoms with Crippen LogP contribution in [0.15, 0.2) is 24.0 Å². The number of ether oxygens (including phenoxy) is 1. The van der Waals surface area contributed by atoms with Gasteiger partial charge in [0.1, 0.15) is 5.76 Å². The van der Waals surface area contributed by atoms with Gasteiger partial charge in [0.25, 0.3) is 0 Å². The highest BCUT2D eigenvalue weighted by Crippen LogP contribution is 2.17. The smallest absolute Gasteiger partial charge is 0.310 e. The van der Waals surface area contributed by atoms with Gasteiger partial charge in [-0.05, 0) is 25.0 Å². The molecule has 16 heavy (non-hydrogen) atoms. The van der Waals surface area contributed by atoms with Crippen LogP contribution in [0, 0.1) is 5.92 Å². The molecule has 0 aromatic heterocycles. The molecule has 0 aliphatic heterocycles. The third kappa shape index (κ3) is 4.51. The van der Waals surface area contributed by atoms with Crippen LogP contribution in [0.25, 0.3) is 0 Å². The Balaban J connectivity index is 2.16. The van der Waals surface area contributed by atoms with E-state index in [0.29, 0.717) is 6.42 Å². The quantitative estimate of drug-likeness (QED) is 0.676. The van der Waals surface area contributed by atoms with E-state index in [-0.39, 0.29) is 5.92 Å². The molecule has 1 rings (SSSR count). The Morgan fingerprint density at radius 1 is 1.50 bits per heavy atom. The fourth-order valence-electron chi connectivity index (χ4n) is 1.61. The summed E-state index contributed by atoms with van der Waals surface area (Å²) in [4.78, 5) is 10.7. The summed E-state index contributed by atoms with van der Waals surface area (Å²) in [6.45, 7) is 2.91. The summed E-state index contributed by atoms with van der Waals surface area (Å²) in [5.41, 5.74) is 0. The van der Waals surface area contributed by atoms with Crippen molar-refractivity contribution in [2.45, 2.75) is 39.0 Å². The maximum Gasteiger partial charge on any atom is 0.310 e. The zero-order valence-corrected chi connectivity index (χ0v) is 9.82. The minimum absolute atomic E-state index is 0.382. The van der Waals surface area contributed by atoms with Crippen LogP contribution in [0.2, 0.25) is 0 Å². The topological polar surface area (TPSA) is 46.5 Å². The lowest BCUT2D eigenvalue weighted by molar-refractivity contribution is -0.140. The molecule has 0 bridgehead atoms. The molecular formula is C13H20O3. The van der Waals surface area contributed by atoms with Crippen molar-refractivity contribution in [1.29, 1.82) is 0 Å². The Kier molecular flexibility index (Phi) is 5.68. The van der Waals surface area contributed by atoms with E-state index in [1.165, 1.54) is 19.3 Å². The van der Waals surface area contributed by atoms with Crippen molar-refractivity contribution in [2.75, 3.05) is 6.61 Å². The van der Waals surface area contributed by atoms with Gasteiger partial charge in [0, 0.05) is 0 Å². The number of carbonyl (C=O) groups is 1. The number of carboxylic acid groups (broad SMARTS) is 1. The number of hydrogen-bond donors (Lipinski definition) is 1. The molecule has 0 fully saturated rings. The molecule has 0 radical (unpaired) electrons. The summed E-state index contributed by atoms with van der Waals surface area (Å²) in [5, 5.41) is 8.78. The molecule has 3 heteroatoms. The Bertz CT molecular complexity index is 279. The normalized spacial score (nSPS) is 19.3. The van der Waals surface area contributed by atoms with Crippen LogP contribution in [0.4, 0.5) is 0 Å². The second-order valence-electron chi connectivity index (χ2n) is 4.06. The van der Waals surface area contributed by atoms with Crippen LogP contribution in [-0.2, 0) is 9.53 Å². The van der Waals surface area contributed by atoms with Gasteiger partial charge in [-0.1, -0.05) is 32.3 Å². The number of rotatable bonds is 7. The van der Waals surface area contributed by atoms with E-state index in [2.05, 4.69) is 6.92 Å². The molecule has 0 saturated heterocycles. The Morgan fingerprint density at radius 2 is 2.31 bits per heavy atom. The van der Waals surface area contributed by atoms with E-state index in [4.69, 9.17) is 9.84 Å². The summed E-state index contributed by atoms with van der Waals surface area (Å²) in [7, 11) is 0. The average Bonchev–Trinajstić information content (AvgIpc) is 2.29. The van der Waals surface area contributed by atoms with Crippen molar-refractivity contribution in [3.05, 3.63) is 24.0 Å². The number of carboxylic acids is 1. The predicted octanol–water partition coefficient (Wildman–Crippen LogP) is 3.13. The van der Waals surface area contributed by atoms with Gasteiger partial charge >= 0.3 is 5.97 Å². The van der Waals surface area contributed by atoms with Gasteiger partial charge in [-0.3, -0.25) is 4.79 Å². The fraction of sp³-hybridized carbons (Fsp3) is 0.615. The maximum absolute atomic E-state index is 10.7. The van der Waals surface area contributed by atoms with Gasteiger partial charge in [-0.15, -0.1) is 0 Å². The molecule has 0 aromatic carbocycles. The average molecular weight is 224 g/mol. The highest BCUT2D eigenvalue weighted by Gasteiger charge is 2.15. The molecule has 0 amide bonds. The van der Waals surface area contributed by atoms with E-state index >= 15 is 0 Å². The van der Waals surface area contributed by atoms with Gasteiger partial charge in [0.15, 0.2) is 0 Å². The van der Waals surface area contributed by atoms with Crippen molar-refractivity contribution >= 4 is 5.97 Å². The SMILES string of the molecule is CCCCCCOC1=CCC(C(=O)O)C=C1. The lowest BCUT2D eigenvalue weighted by Gasteiger charge is -2.13. The lowest BCUT2D eigenvalue weighted by Crippen LogP contribution is -2.12. The summed E-state index contributed by atoms with van der Waals surface area (Å²) >= 11 is 0. The first-order valence-corrected chi connectivity index (χ1v) is 5.98. The fourth-order valence-corrected chi connectivity index (χ4v) is 1.61. The van der Waals surface area contributed by atoms with Crippen molar-refractivity contribution in [2.24, 2.45) is 5.92 Å². The van der Waals surface area contributed by atoms with E-state index in [9.17, 15) is 4.79 Å². The summed E-state index contributed by atoms with van der Waals surface area (Å²) in [6, 6.07) is 0. The molecule has 1 unspecified atom stereocenters. The van der Waals surface area contributed by atoms with Gasteiger partial charge in [-0.25, -0.2) is 0 Å². The van der Waals surface area contributed by atoms with Crippen molar-refractivity contribution in [3.8, 4) is 0 Å². The third-order valence-corrected chi connectivity index (χ3v) is 2.65. The van der Waals surface area contributed by atoms with Crippen LogP contribution < -0.4 is 0 Å². The van der Waals surface area contributed by atoms with E-state index < -0.39 is 5.97 Å². The first kappa shape index (κ1) is 12.8. The molecule has 0 heterocycles. The second-order valence-corrected chi connectivity index (χ2v) is 4.06. The van der Waals surface area contributed by atoms with Crippen LogP contribution in [0.5, 0.6) is 0 Å². The Hall–Kier alpha value is -1.25. The second kappa shape index (κ2) is 7.09. The molecule has 0 saturated carbocycles. The number of allylic oxidation sites excluding steroid dienone is 2. The highest BCUT2D eigenvalue weighted by molar-refractivity contribution is 5.72. The largest absolute Gasteiger partial charge is 0.494 e. The first-order chi connectivity index (χ1) is 7.74. The molecule has 1 aliphatic rings. The number of unbranched alkanes of at least 4 members (excludes halogenated alkanes) is 3. The minimum Gasteiger partial charge on any atom is -0.494 e. The molecule has 0 spiro atoms. The number of aliphatic carboxylic acids is 1. The zero-order chi connectivity index (χ0) is 11.8.